The van der Waals surface area contributed by atoms with Crippen molar-refractivity contribution in [2.24, 2.45) is 5.14 Å². The monoisotopic (exact) mass is 419 g/mol. The van der Waals surface area contributed by atoms with Gasteiger partial charge in [0.25, 0.3) is 0 Å². The van der Waals surface area contributed by atoms with E-state index in [2.05, 4.69) is 5.32 Å². The molecule has 0 unspecified atom stereocenters. The minimum Gasteiger partial charge on any atom is -0.495 e. The molecule has 1 atom stereocenters. The highest BCUT2D eigenvalue weighted by Gasteiger charge is 2.16. The number of hydrogen-bond acceptors (Lipinski definition) is 6. The molecule has 2 aromatic carbocycles. The summed E-state index contributed by atoms with van der Waals surface area (Å²) < 4.78 is 124. The number of benzene rings is 2. The van der Waals surface area contributed by atoms with Crippen molar-refractivity contribution in [3.8, 4) is 17.2 Å². The lowest BCUT2D eigenvalue weighted by atomic mass is 10.1. The van der Waals surface area contributed by atoms with Gasteiger partial charge in [0.05, 0.1) is 24.6 Å². The maximum atomic E-state index is 11.8. The van der Waals surface area contributed by atoms with Crippen molar-refractivity contribution >= 4 is 10.0 Å². The molecule has 0 aliphatic rings. The van der Waals surface area contributed by atoms with Gasteiger partial charge in [0.1, 0.15) is 17.2 Å². The molecule has 2 rings (SSSR count). The van der Waals surface area contributed by atoms with Crippen molar-refractivity contribution in [2.75, 3.05) is 26.8 Å². The Morgan fingerprint density at radius 1 is 1.25 bits per heavy atom. The van der Waals surface area contributed by atoms with Crippen LogP contribution in [0.3, 0.4) is 0 Å². The molecule has 0 aliphatic heterocycles. The smallest absolute Gasteiger partial charge is 0.241 e. The van der Waals surface area contributed by atoms with Crippen molar-refractivity contribution in [2.45, 2.75) is 31.1 Å². The Morgan fingerprint density at radius 2 is 1.96 bits per heavy atom. The van der Waals surface area contributed by atoms with Crippen LogP contribution in [0.5, 0.6) is 17.2 Å². The second-order valence-electron chi connectivity index (χ2n) is 5.63. The highest BCUT2D eigenvalue weighted by molar-refractivity contribution is 7.89. The summed E-state index contributed by atoms with van der Waals surface area (Å²) >= 11 is 0. The molecule has 7 nitrogen and oxygen atoms in total. The zero-order valence-electron chi connectivity index (χ0n) is 26.3. The molecular weight excluding hydrogens is 380 g/mol. The van der Waals surface area contributed by atoms with E-state index in [-0.39, 0.29) is 17.1 Å². The molecule has 0 aliphatic carbocycles. The SMILES string of the molecule is [2H]c1c([2H])c([2H])c(OC([2H])([2H])C([2H])([2H])[2H])c(OC([2H])([2H])CN[C@H](C)Cc2ccc(OC)c(S(N)(=O)=O)c2)c1[2H]. The predicted octanol–water partition coefficient (Wildman–Crippen LogP) is 2.34. The van der Waals surface area contributed by atoms with Crippen LogP contribution >= 0.6 is 0 Å². The molecule has 154 valence electrons. The molecule has 0 spiro atoms. The predicted molar refractivity (Wildman–Crippen MR) is 109 cm³/mol. The fourth-order valence-corrected chi connectivity index (χ4v) is 3.05. The van der Waals surface area contributed by atoms with Gasteiger partial charge in [-0.2, -0.15) is 0 Å². The van der Waals surface area contributed by atoms with Gasteiger partial charge in [0.2, 0.25) is 10.0 Å². The first-order valence-corrected chi connectivity index (χ1v) is 9.57. The lowest BCUT2D eigenvalue weighted by Crippen LogP contribution is -2.32. The molecule has 3 N–H and O–H groups in total. The van der Waals surface area contributed by atoms with E-state index in [4.69, 9.17) is 34.4 Å². The van der Waals surface area contributed by atoms with E-state index >= 15 is 0 Å². The zero-order valence-corrected chi connectivity index (χ0v) is 16.1. The normalized spacial score (nSPS) is 19.6. The molecule has 0 heterocycles. The van der Waals surface area contributed by atoms with E-state index in [1.807, 2.05) is 0 Å². The van der Waals surface area contributed by atoms with Crippen LogP contribution in [-0.2, 0) is 16.4 Å². The Labute approximate surface area is 182 Å². The topological polar surface area (TPSA) is 99.9 Å². The average molecular weight is 420 g/mol. The zero-order chi connectivity index (χ0) is 30.1. The number of hydrogen-bond donors (Lipinski definition) is 2. The first-order chi connectivity index (χ1) is 17.6. The van der Waals surface area contributed by atoms with Gasteiger partial charge in [0, 0.05) is 16.7 Å². The second-order valence-corrected chi connectivity index (χ2v) is 7.15. The number of methoxy groups -OCH3 is 1. The van der Waals surface area contributed by atoms with Crippen LogP contribution in [-0.4, -0.2) is 41.2 Å². The van der Waals surface area contributed by atoms with Gasteiger partial charge in [-0.05, 0) is 50.0 Å². The number of nitrogens with one attached hydrogen (secondary N) is 1. The Balaban J connectivity index is 2.28. The van der Waals surface area contributed by atoms with E-state index in [9.17, 15) is 8.42 Å². The molecule has 0 fully saturated rings. The van der Waals surface area contributed by atoms with Crippen LogP contribution in [0.25, 0.3) is 0 Å². The Bertz CT molecular complexity index is 1320. The van der Waals surface area contributed by atoms with Gasteiger partial charge in [-0.1, -0.05) is 18.2 Å². The van der Waals surface area contributed by atoms with Crippen molar-refractivity contribution < 1.29 is 37.7 Å². The highest BCUT2D eigenvalue weighted by atomic mass is 32.2. The van der Waals surface area contributed by atoms with Crippen molar-refractivity contribution in [1.82, 2.24) is 5.32 Å². The third-order valence-electron chi connectivity index (χ3n) is 3.55. The van der Waals surface area contributed by atoms with Gasteiger partial charge in [-0.15, -0.1) is 0 Å². The summed E-state index contributed by atoms with van der Waals surface area (Å²) in [4.78, 5) is -0.226. The van der Waals surface area contributed by atoms with Crippen molar-refractivity contribution in [3.63, 3.8) is 0 Å². The largest absolute Gasteiger partial charge is 0.495 e. The standard InChI is InChI=1S/C20H28N2O5S/c1-4-26-17-7-5-6-8-18(17)27-12-11-22-15(2)13-16-9-10-19(25-3)20(14-16)28(21,23)24/h5-10,14-15,22H,4,11-13H2,1-3H3,(H2,21,23,24)/t15-/m1/s1/i1D3,4D2,5D,6D,7D,8D,12D2. The van der Waals surface area contributed by atoms with Gasteiger partial charge in [-0.25, -0.2) is 13.6 Å². The molecule has 0 saturated heterocycles. The van der Waals surface area contributed by atoms with Gasteiger partial charge in [-0.3, -0.25) is 0 Å². The summed E-state index contributed by atoms with van der Waals surface area (Å²) in [5.41, 5.74) is 0.529. The fraction of sp³-hybridized carbons (Fsp3) is 0.400. The maximum absolute atomic E-state index is 11.8. The van der Waals surface area contributed by atoms with Crippen LogP contribution < -0.4 is 24.7 Å². The van der Waals surface area contributed by atoms with Crippen LogP contribution in [0.15, 0.2) is 47.3 Å². The number of rotatable bonds is 11. The number of para-hydroxylation sites is 2. The maximum Gasteiger partial charge on any atom is 0.241 e. The molecule has 2 aromatic rings. The average Bonchev–Trinajstić information content (AvgIpc) is 2.81. The summed E-state index contributed by atoms with van der Waals surface area (Å²) in [5.74, 6) is -1.87. The number of sulfonamides is 1. The molecule has 0 radical (unpaired) electrons. The molecular formula is C20H28N2O5S. The molecule has 0 bridgehead atoms. The first kappa shape index (κ1) is 11.0. The molecule has 0 aromatic heterocycles. The molecule has 0 saturated carbocycles. The molecule has 8 heteroatoms. The fourth-order valence-electron chi connectivity index (χ4n) is 2.30. The van der Waals surface area contributed by atoms with Crippen molar-refractivity contribution in [1.29, 1.82) is 0 Å². The van der Waals surface area contributed by atoms with Crippen LogP contribution in [0, 0.1) is 0 Å². The van der Waals surface area contributed by atoms with Gasteiger partial charge < -0.3 is 19.5 Å². The minimum absolute atomic E-state index is 0.0555. The van der Waals surface area contributed by atoms with E-state index in [1.54, 1.807) is 13.0 Å². The lowest BCUT2D eigenvalue weighted by molar-refractivity contribution is 0.272. The highest BCUT2D eigenvalue weighted by Crippen LogP contribution is 2.26. The number of primary sulfonamides is 1. The third kappa shape index (κ3) is 6.40. The first-order valence-electron chi connectivity index (χ1n) is 13.5. The molecule has 28 heavy (non-hydrogen) atoms. The summed E-state index contributed by atoms with van der Waals surface area (Å²) in [6.45, 7) is -8.30. The van der Waals surface area contributed by atoms with E-state index < -0.39 is 78.2 Å². The summed E-state index contributed by atoms with van der Waals surface area (Å²) in [7, 11) is -2.79. The lowest BCUT2D eigenvalue weighted by Gasteiger charge is -2.16. The molecule has 0 amide bonds. The van der Waals surface area contributed by atoms with E-state index in [1.165, 1.54) is 19.2 Å². The van der Waals surface area contributed by atoms with E-state index in [0.717, 1.165) is 0 Å². The van der Waals surface area contributed by atoms with Gasteiger partial charge in [0.15, 0.2) is 11.5 Å². The Hall–Kier alpha value is -2.29. The minimum atomic E-state index is -4.08. The summed E-state index contributed by atoms with van der Waals surface area (Å²) in [6.07, 6.45) is 0.209. The van der Waals surface area contributed by atoms with Crippen LogP contribution in [0.4, 0.5) is 0 Å². The third-order valence-corrected chi connectivity index (χ3v) is 4.48. The summed E-state index contributed by atoms with van der Waals surface area (Å²) in [5, 5.41) is 8.05. The van der Waals surface area contributed by atoms with E-state index in [0.29, 0.717) is 5.56 Å². The van der Waals surface area contributed by atoms with Crippen molar-refractivity contribution in [3.05, 3.63) is 47.9 Å². The number of ether oxygens (including phenoxy) is 3. The number of nitrogens with two attached hydrogens (primary N) is 1. The Kier molecular flexibility index (Phi) is 4.06. The Morgan fingerprint density at radius 3 is 2.61 bits per heavy atom. The van der Waals surface area contributed by atoms with Crippen LogP contribution in [0.2, 0.25) is 0 Å². The van der Waals surface area contributed by atoms with Crippen LogP contribution in [0.1, 0.15) is 34.4 Å². The quantitative estimate of drug-likeness (QED) is 0.580. The van der Waals surface area contributed by atoms with Gasteiger partial charge >= 0.3 is 0 Å². The second kappa shape index (κ2) is 10.3. The summed E-state index contributed by atoms with van der Waals surface area (Å²) in [6, 6.07) is 0.301.